The van der Waals surface area contributed by atoms with Gasteiger partial charge in [-0.3, -0.25) is 14.9 Å². The third-order valence-electron chi connectivity index (χ3n) is 3.16. The summed E-state index contributed by atoms with van der Waals surface area (Å²) in [6.45, 7) is 2.38. The van der Waals surface area contributed by atoms with E-state index < -0.39 is 11.0 Å². The lowest BCUT2D eigenvalue weighted by Gasteiger charge is -2.01. The van der Waals surface area contributed by atoms with Crippen LogP contribution < -0.4 is 5.32 Å². The number of ether oxygens (including phenoxy) is 1. The summed E-state index contributed by atoms with van der Waals surface area (Å²) in [5.41, 5.74) is 1.10. The van der Waals surface area contributed by atoms with Gasteiger partial charge in [-0.1, -0.05) is 17.8 Å². The number of tetrazole rings is 1. The number of aromatic nitrogens is 4. The van der Waals surface area contributed by atoms with Crippen molar-refractivity contribution in [3.05, 3.63) is 45.8 Å². The van der Waals surface area contributed by atoms with Gasteiger partial charge in [0.1, 0.15) is 12.9 Å². The van der Waals surface area contributed by atoms with E-state index in [1.54, 1.807) is 23.7 Å². The number of nitro benzene ring substituents is 1. The number of amides is 1. The second-order valence-electron chi connectivity index (χ2n) is 5.06. The van der Waals surface area contributed by atoms with Crippen molar-refractivity contribution in [1.29, 1.82) is 0 Å². The molecular weight excluding hydrogens is 364 g/mol. The summed E-state index contributed by atoms with van der Waals surface area (Å²) in [6, 6.07) is 4.76. The van der Waals surface area contributed by atoms with Crippen molar-refractivity contribution >= 4 is 28.7 Å². The average molecular weight is 380 g/mol. The van der Waals surface area contributed by atoms with Crippen LogP contribution in [0.3, 0.4) is 0 Å². The molecule has 0 atom stereocenters. The molecule has 26 heavy (non-hydrogen) atoms. The highest BCUT2D eigenvalue weighted by Gasteiger charge is 2.18. The fraction of sp³-hybridized carbons (Fsp3) is 0.357. The van der Waals surface area contributed by atoms with Crippen LogP contribution in [-0.2, 0) is 29.2 Å². The molecule has 2 aliphatic heterocycles. The molecule has 0 unspecified atom stereocenters. The van der Waals surface area contributed by atoms with Crippen molar-refractivity contribution < 1.29 is 19.2 Å². The molecule has 0 saturated carbocycles. The van der Waals surface area contributed by atoms with E-state index >= 15 is 0 Å². The Morgan fingerprint density at radius 1 is 1.50 bits per heavy atom. The van der Waals surface area contributed by atoms with Crippen LogP contribution in [0.5, 0.6) is 0 Å². The molecule has 0 aliphatic carbocycles. The van der Waals surface area contributed by atoms with Gasteiger partial charge in [-0.15, -0.1) is 5.10 Å². The number of carbonyl (C=O) groups is 2. The monoisotopic (exact) mass is 380 g/mol. The number of benzene rings is 1. The Kier molecular flexibility index (Phi) is 7.02. The third-order valence-corrected chi connectivity index (χ3v) is 3.95. The van der Waals surface area contributed by atoms with Gasteiger partial charge < -0.3 is 10.1 Å². The van der Waals surface area contributed by atoms with Crippen LogP contribution in [0.1, 0.15) is 18.1 Å². The van der Waals surface area contributed by atoms with Crippen molar-refractivity contribution in [3.63, 3.8) is 0 Å². The molecule has 0 saturated heterocycles. The van der Waals surface area contributed by atoms with Crippen LogP contribution in [0.15, 0.2) is 24.5 Å². The quantitative estimate of drug-likeness (QED) is 0.613. The molecule has 138 valence electrons. The second-order valence-corrected chi connectivity index (χ2v) is 6.33. The van der Waals surface area contributed by atoms with E-state index in [9.17, 15) is 19.7 Å². The number of alkyl carbamates (subject to hydrolysis) is 1. The summed E-state index contributed by atoms with van der Waals surface area (Å²) in [6.07, 6.45) is 0.965. The van der Waals surface area contributed by atoms with Crippen LogP contribution in [0.4, 0.5) is 10.5 Å². The normalized spacial score (nSPS) is 12.6. The molecular formula is C14H16N6O5S. The minimum Gasteiger partial charge on any atom is -0.445 e. The highest BCUT2D eigenvalue weighted by molar-refractivity contribution is 8.13. The first-order valence-corrected chi connectivity index (χ1v) is 8.45. The lowest BCUT2D eigenvalue weighted by Crippen LogP contribution is -2.22. The largest absolute Gasteiger partial charge is 0.445 e. The Balaban J connectivity index is 0.000000197. The number of carbonyl (C=O) groups excluding carboxylic acids is 2. The van der Waals surface area contributed by atoms with Crippen LogP contribution in [0.2, 0.25) is 0 Å². The highest BCUT2D eigenvalue weighted by atomic mass is 32.2. The molecule has 2 aromatic rings. The lowest BCUT2D eigenvalue weighted by molar-refractivity contribution is -0.385. The molecule has 1 amide bonds. The van der Waals surface area contributed by atoms with Gasteiger partial charge >= 0.3 is 6.09 Å². The molecule has 12 heteroatoms. The lowest BCUT2D eigenvalue weighted by atomic mass is 10.1. The summed E-state index contributed by atoms with van der Waals surface area (Å²) >= 11 is 1.27. The highest BCUT2D eigenvalue weighted by Crippen LogP contribution is 2.21. The Hall–Kier alpha value is -3.02. The number of thioether (sulfide) groups is 1. The van der Waals surface area contributed by atoms with Gasteiger partial charge in [0.25, 0.3) is 5.69 Å². The summed E-state index contributed by atoms with van der Waals surface area (Å²) in [4.78, 5) is 31.7. The topological polar surface area (TPSA) is 142 Å². The van der Waals surface area contributed by atoms with Crippen molar-refractivity contribution in [2.75, 3.05) is 5.75 Å². The second kappa shape index (κ2) is 9.46. The zero-order valence-corrected chi connectivity index (χ0v) is 14.6. The molecule has 1 N–H and O–H groups in total. The first kappa shape index (κ1) is 19.3. The van der Waals surface area contributed by atoms with Gasteiger partial charge in [0.05, 0.1) is 18.0 Å². The van der Waals surface area contributed by atoms with E-state index in [1.807, 2.05) is 0 Å². The Labute approximate surface area is 152 Å². The molecule has 2 bridgehead atoms. The standard InChI is InChI=1S/C9H8N2O4.C5H8N4OS/c12-9-10-4-7-2-1-6(5-15-9)3-8(7)11(13)14;1-5(10)11-3-2-9-4-6-7-8-9/h1-3H,4-5H2,(H,10,12);4H,2-3H2,1H3. The number of nitrogens with zero attached hydrogens (tertiary/aromatic N) is 5. The maximum Gasteiger partial charge on any atom is 0.407 e. The number of hydrogen-bond acceptors (Lipinski definition) is 9. The van der Waals surface area contributed by atoms with E-state index in [2.05, 4.69) is 20.8 Å². The first-order valence-electron chi connectivity index (χ1n) is 7.46. The predicted molar refractivity (Wildman–Crippen MR) is 91.1 cm³/mol. The Morgan fingerprint density at radius 3 is 2.96 bits per heavy atom. The molecule has 0 spiro atoms. The molecule has 2 aliphatic rings. The maximum absolute atomic E-state index is 11.0. The summed E-state index contributed by atoms with van der Waals surface area (Å²) in [5.74, 6) is 0.723. The number of nitro groups is 1. The first-order chi connectivity index (χ1) is 12.5. The molecule has 11 nitrogen and oxygen atoms in total. The van der Waals surface area contributed by atoms with Crippen molar-refractivity contribution in [3.8, 4) is 0 Å². The SMILES string of the molecule is CC(=O)SCCn1cnnn1.O=C1NCc2ccc(cc2[N+](=O)[O-])CO1. The smallest absolute Gasteiger partial charge is 0.407 e. The van der Waals surface area contributed by atoms with Gasteiger partial charge in [-0.2, -0.15) is 0 Å². The molecule has 0 fully saturated rings. The van der Waals surface area contributed by atoms with Crippen molar-refractivity contribution in [2.24, 2.45) is 0 Å². The fourth-order valence-corrected chi connectivity index (χ4v) is 2.52. The number of hydrogen-bond donors (Lipinski definition) is 1. The van der Waals surface area contributed by atoms with E-state index in [-0.39, 0.29) is 24.0 Å². The van der Waals surface area contributed by atoms with Crippen molar-refractivity contribution in [1.82, 2.24) is 25.5 Å². The van der Waals surface area contributed by atoms with Gasteiger partial charge in [0.2, 0.25) is 0 Å². The molecule has 0 radical (unpaired) electrons. The Morgan fingerprint density at radius 2 is 2.31 bits per heavy atom. The molecule has 4 rings (SSSR count). The maximum atomic E-state index is 11.0. The van der Waals surface area contributed by atoms with Crippen LogP contribution in [0, 0.1) is 10.1 Å². The van der Waals surface area contributed by atoms with Gasteiger partial charge in [-0.25, -0.2) is 9.48 Å². The average Bonchev–Trinajstić information content (AvgIpc) is 3.14. The summed E-state index contributed by atoms with van der Waals surface area (Å²) < 4.78 is 6.40. The molecule has 1 aromatic heterocycles. The number of aryl methyl sites for hydroxylation is 1. The van der Waals surface area contributed by atoms with E-state index in [4.69, 9.17) is 4.74 Å². The summed E-state index contributed by atoms with van der Waals surface area (Å²) in [7, 11) is 0. The molecule has 3 heterocycles. The number of rotatable bonds is 4. The zero-order valence-electron chi connectivity index (χ0n) is 13.8. The third kappa shape index (κ3) is 6.12. The van der Waals surface area contributed by atoms with Crippen LogP contribution in [-0.4, -0.2) is 42.1 Å². The van der Waals surface area contributed by atoms with E-state index in [1.165, 1.54) is 24.2 Å². The van der Waals surface area contributed by atoms with E-state index in [0.29, 0.717) is 17.7 Å². The van der Waals surface area contributed by atoms with Gasteiger partial charge in [0.15, 0.2) is 5.12 Å². The predicted octanol–water partition coefficient (Wildman–Crippen LogP) is 1.29. The minimum absolute atomic E-state index is 0.0123. The Bertz CT molecular complexity index is 782. The summed E-state index contributed by atoms with van der Waals surface area (Å²) in [5, 5.41) is 23.8. The minimum atomic E-state index is -0.563. The zero-order chi connectivity index (χ0) is 18.9. The fourth-order valence-electron chi connectivity index (χ4n) is 1.95. The van der Waals surface area contributed by atoms with Crippen LogP contribution in [0.25, 0.3) is 0 Å². The van der Waals surface area contributed by atoms with E-state index in [0.717, 1.165) is 5.75 Å². The van der Waals surface area contributed by atoms with Gasteiger partial charge in [-0.05, 0) is 22.1 Å². The van der Waals surface area contributed by atoms with Crippen molar-refractivity contribution in [2.45, 2.75) is 26.6 Å². The number of nitrogens with one attached hydrogen (secondary N) is 1. The van der Waals surface area contributed by atoms with Gasteiger partial charge in [0, 0.05) is 24.3 Å². The number of fused-ring (bicyclic) bond motifs is 6. The van der Waals surface area contributed by atoms with Crippen LogP contribution >= 0.6 is 11.8 Å². The molecule has 1 aromatic carbocycles.